The number of pyridine rings is 1. The lowest BCUT2D eigenvalue weighted by Crippen LogP contribution is -2.36. The zero-order chi connectivity index (χ0) is 16.2. The molecule has 23 heavy (non-hydrogen) atoms. The van der Waals surface area contributed by atoms with Gasteiger partial charge in [-0.05, 0) is 38.1 Å². The van der Waals surface area contributed by atoms with Crippen LogP contribution in [0, 0.1) is 0 Å². The largest absolute Gasteiger partial charge is 0.459 e. The molecule has 118 valence electrons. The van der Waals surface area contributed by atoms with E-state index in [1.54, 1.807) is 29.4 Å². The highest BCUT2D eigenvalue weighted by Crippen LogP contribution is 2.27. The van der Waals surface area contributed by atoms with Crippen molar-refractivity contribution in [3.63, 3.8) is 0 Å². The summed E-state index contributed by atoms with van der Waals surface area (Å²) >= 11 is 0. The van der Waals surface area contributed by atoms with Crippen LogP contribution in [0.2, 0.25) is 0 Å². The minimum absolute atomic E-state index is 0.158. The molecule has 1 atom stereocenters. The van der Waals surface area contributed by atoms with Crippen LogP contribution in [0.3, 0.4) is 0 Å². The second-order valence-corrected chi connectivity index (χ2v) is 5.31. The van der Waals surface area contributed by atoms with Gasteiger partial charge in [-0.15, -0.1) is 0 Å². The highest BCUT2D eigenvalue weighted by Gasteiger charge is 2.23. The second-order valence-electron chi connectivity index (χ2n) is 5.31. The van der Waals surface area contributed by atoms with Gasteiger partial charge in [-0.3, -0.25) is 4.98 Å². The first-order valence-corrected chi connectivity index (χ1v) is 7.65. The first-order chi connectivity index (χ1) is 11.2. The maximum absolute atomic E-state index is 12.5. The van der Waals surface area contributed by atoms with E-state index in [1.165, 1.54) is 0 Å². The summed E-state index contributed by atoms with van der Waals surface area (Å²) in [7, 11) is 0. The molecular weight excluding hydrogens is 290 g/mol. The Hall–Kier alpha value is -2.82. The lowest BCUT2D eigenvalue weighted by molar-refractivity contribution is 0.189. The maximum Gasteiger partial charge on any atom is 0.322 e. The van der Waals surface area contributed by atoms with Gasteiger partial charge >= 0.3 is 6.03 Å². The highest BCUT2D eigenvalue weighted by molar-refractivity contribution is 5.89. The molecule has 5 heteroatoms. The molecule has 0 fully saturated rings. The van der Waals surface area contributed by atoms with Gasteiger partial charge in [-0.25, -0.2) is 4.79 Å². The van der Waals surface area contributed by atoms with Crippen molar-refractivity contribution in [3.8, 4) is 0 Å². The third kappa shape index (κ3) is 3.18. The van der Waals surface area contributed by atoms with Gasteiger partial charge in [-0.1, -0.05) is 18.2 Å². The Morgan fingerprint density at radius 3 is 2.70 bits per heavy atom. The van der Waals surface area contributed by atoms with E-state index in [9.17, 15) is 4.79 Å². The van der Waals surface area contributed by atoms with E-state index in [-0.39, 0.29) is 12.1 Å². The molecule has 0 aliphatic carbocycles. The van der Waals surface area contributed by atoms with Gasteiger partial charge in [0.05, 0.1) is 6.04 Å². The van der Waals surface area contributed by atoms with Crippen molar-refractivity contribution in [2.24, 2.45) is 0 Å². The average Bonchev–Trinajstić information content (AvgIpc) is 3.00. The summed E-state index contributed by atoms with van der Waals surface area (Å²) in [4.78, 5) is 18.2. The number of para-hydroxylation sites is 1. The molecule has 3 rings (SSSR count). The Morgan fingerprint density at radius 1 is 1.26 bits per heavy atom. The van der Waals surface area contributed by atoms with E-state index in [2.05, 4.69) is 10.3 Å². The molecule has 3 aromatic rings. The number of rotatable bonds is 4. The molecule has 0 bridgehead atoms. The van der Waals surface area contributed by atoms with Crippen LogP contribution in [0.15, 0.2) is 59.3 Å². The van der Waals surface area contributed by atoms with Crippen molar-refractivity contribution in [2.45, 2.75) is 19.9 Å². The fourth-order valence-electron chi connectivity index (χ4n) is 2.59. The number of aromatic nitrogens is 1. The van der Waals surface area contributed by atoms with Crippen LogP contribution in [0.1, 0.15) is 25.6 Å². The van der Waals surface area contributed by atoms with Crippen LogP contribution in [-0.4, -0.2) is 22.5 Å². The number of benzene rings is 1. The molecule has 1 N–H and O–H groups in total. The Bertz CT molecular complexity index is 765. The number of anilines is 1. The van der Waals surface area contributed by atoms with Crippen LogP contribution >= 0.6 is 0 Å². The maximum atomic E-state index is 12.5. The number of nitrogens with one attached hydrogen (secondary N) is 1. The fraction of sp³-hybridized carbons (Fsp3) is 0.222. The summed E-state index contributed by atoms with van der Waals surface area (Å²) in [6, 6.07) is 13.0. The summed E-state index contributed by atoms with van der Waals surface area (Å²) in [5, 5.41) is 3.92. The molecule has 0 saturated carbocycles. The second kappa shape index (κ2) is 6.52. The number of urea groups is 1. The monoisotopic (exact) mass is 309 g/mol. The lowest BCUT2D eigenvalue weighted by Gasteiger charge is -2.26. The predicted octanol–water partition coefficient (Wildman–Crippen LogP) is 4.44. The minimum atomic E-state index is -0.161. The third-order valence-corrected chi connectivity index (χ3v) is 3.86. The molecule has 0 aliphatic rings. The number of amides is 2. The molecule has 2 amide bonds. The van der Waals surface area contributed by atoms with E-state index >= 15 is 0 Å². The summed E-state index contributed by atoms with van der Waals surface area (Å²) in [6.07, 6.45) is 3.29. The minimum Gasteiger partial charge on any atom is -0.459 e. The number of hydrogen-bond donors (Lipinski definition) is 1. The van der Waals surface area contributed by atoms with E-state index in [0.717, 1.165) is 22.4 Å². The van der Waals surface area contributed by atoms with Crippen molar-refractivity contribution in [3.05, 3.63) is 60.6 Å². The Balaban J connectivity index is 1.80. The van der Waals surface area contributed by atoms with Crippen LogP contribution in [0.5, 0.6) is 0 Å². The smallest absolute Gasteiger partial charge is 0.322 e. The number of fused-ring (bicyclic) bond motifs is 1. The summed E-state index contributed by atoms with van der Waals surface area (Å²) in [5.41, 5.74) is 1.56. The molecule has 0 aliphatic heterocycles. The topological polar surface area (TPSA) is 58.4 Å². The molecule has 2 aromatic heterocycles. The SMILES string of the molecule is CCN(C(=O)Nc1ccncc1)C(C)c1cc2ccccc2o1. The van der Waals surface area contributed by atoms with Crippen LogP contribution < -0.4 is 5.32 Å². The van der Waals surface area contributed by atoms with Crippen molar-refractivity contribution < 1.29 is 9.21 Å². The lowest BCUT2D eigenvalue weighted by atomic mass is 10.2. The zero-order valence-corrected chi connectivity index (χ0v) is 13.2. The Labute approximate surface area is 134 Å². The van der Waals surface area contributed by atoms with Gasteiger partial charge in [0.15, 0.2) is 0 Å². The van der Waals surface area contributed by atoms with Crippen molar-refractivity contribution >= 4 is 22.7 Å². The zero-order valence-electron chi connectivity index (χ0n) is 13.2. The summed E-state index contributed by atoms with van der Waals surface area (Å²) < 4.78 is 5.88. The van der Waals surface area contributed by atoms with Crippen LogP contribution in [0.25, 0.3) is 11.0 Å². The molecule has 0 saturated heterocycles. The average molecular weight is 309 g/mol. The van der Waals surface area contributed by atoms with E-state index < -0.39 is 0 Å². The molecular formula is C18H19N3O2. The van der Waals surface area contributed by atoms with Gasteiger partial charge in [0.2, 0.25) is 0 Å². The van der Waals surface area contributed by atoms with Gasteiger partial charge in [-0.2, -0.15) is 0 Å². The number of hydrogen-bond acceptors (Lipinski definition) is 3. The van der Waals surface area contributed by atoms with Gasteiger partial charge in [0, 0.05) is 30.0 Å². The van der Waals surface area contributed by atoms with Crippen molar-refractivity contribution in [2.75, 3.05) is 11.9 Å². The van der Waals surface area contributed by atoms with Gasteiger partial charge in [0.1, 0.15) is 11.3 Å². The molecule has 5 nitrogen and oxygen atoms in total. The number of furan rings is 1. The number of nitrogens with zero attached hydrogens (tertiary/aromatic N) is 2. The van der Waals surface area contributed by atoms with E-state index in [0.29, 0.717) is 6.54 Å². The predicted molar refractivity (Wildman–Crippen MR) is 90.3 cm³/mol. The van der Waals surface area contributed by atoms with E-state index in [4.69, 9.17) is 4.42 Å². The molecule has 0 radical (unpaired) electrons. The molecule has 1 aromatic carbocycles. The van der Waals surface area contributed by atoms with E-state index in [1.807, 2.05) is 44.2 Å². The molecule has 2 heterocycles. The fourth-order valence-corrected chi connectivity index (χ4v) is 2.59. The van der Waals surface area contributed by atoms with Crippen molar-refractivity contribution in [1.29, 1.82) is 0 Å². The number of carbonyl (C=O) groups is 1. The Kier molecular flexibility index (Phi) is 4.28. The van der Waals surface area contributed by atoms with Crippen LogP contribution in [0.4, 0.5) is 10.5 Å². The van der Waals surface area contributed by atoms with Crippen LogP contribution in [-0.2, 0) is 0 Å². The van der Waals surface area contributed by atoms with Gasteiger partial charge < -0.3 is 14.6 Å². The highest BCUT2D eigenvalue weighted by atomic mass is 16.3. The first-order valence-electron chi connectivity index (χ1n) is 7.65. The molecule has 0 spiro atoms. The Morgan fingerprint density at radius 2 is 2.00 bits per heavy atom. The molecule has 1 unspecified atom stereocenters. The number of carbonyl (C=O) groups excluding carboxylic acids is 1. The third-order valence-electron chi connectivity index (χ3n) is 3.86. The standard InChI is InChI=1S/C18H19N3O2/c1-3-21(18(22)20-15-8-10-19-11-9-15)13(2)17-12-14-6-4-5-7-16(14)23-17/h4-13H,3H2,1-2H3,(H,19,20,22). The normalized spacial score (nSPS) is 12.1. The summed E-state index contributed by atoms with van der Waals surface area (Å²) in [5.74, 6) is 0.776. The van der Waals surface area contributed by atoms with Gasteiger partial charge in [0.25, 0.3) is 0 Å². The summed E-state index contributed by atoms with van der Waals surface area (Å²) in [6.45, 7) is 4.49. The quantitative estimate of drug-likeness (QED) is 0.775. The first kappa shape index (κ1) is 15.1. The van der Waals surface area contributed by atoms with Crippen molar-refractivity contribution in [1.82, 2.24) is 9.88 Å².